The average Bonchev–Trinajstić information content (AvgIpc) is 2.61. The van der Waals surface area contributed by atoms with Crippen LogP contribution in [0.15, 0.2) is 9.50 Å². The predicted octanol–water partition coefficient (Wildman–Crippen LogP) is 2.62. The van der Waals surface area contributed by atoms with Gasteiger partial charge in [0.05, 0.1) is 6.10 Å². The first-order valence-electron chi connectivity index (χ1n) is 5.09. The van der Waals surface area contributed by atoms with E-state index in [1.54, 1.807) is 0 Å². The molecule has 0 saturated heterocycles. The highest BCUT2D eigenvalue weighted by Gasteiger charge is 2.11. The number of halogens is 1. The van der Waals surface area contributed by atoms with Gasteiger partial charge in [0.2, 0.25) is 10.4 Å². The Kier molecular flexibility index (Phi) is 4.31. The zero-order valence-corrected chi connectivity index (χ0v) is 12.3. The number of hydrogen-bond donors (Lipinski definition) is 0. The van der Waals surface area contributed by atoms with E-state index in [-0.39, 0.29) is 17.4 Å². The summed E-state index contributed by atoms with van der Waals surface area (Å²) in [6, 6.07) is 0.216. The monoisotopic (exact) mass is 303 g/mol. The largest absolute Gasteiger partial charge is 0.461 e. The lowest BCUT2D eigenvalue weighted by molar-refractivity contribution is 0.219. The van der Waals surface area contributed by atoms with Crippen molar-refractivity contribution in [3.63, 3.8) is 0 Å². The summed E-state index contributed by atoms with van der Waals surface area (Å²) >= 11 is 8.56. The molecule has 0 spiro atoms. The van der Waals surface area contributed by atoms with Crippen LogP contribution in [0.3, 0.4) is 0 Å². The Hall–Kier alpha value is -0.990. The van der Waals surface area contributed by atoms with Crippen molar-refractivity contribution in [3.8, 4) is 6.01 Å². The highest BCUT2D eigenvalue weighted by atomic mass is 35.5. The van der Waals surface area contributed by atoms with Crippen LogP contribution in [0.25, 0.3) is 0 Å². The van der Waals surface area contributed by atoms with Gasteiger partial charge in [-0.05, 0) is 44.1 Å². The molecule has 0 bridgehead atoms. The normalized spacial score (nSPS) is 10.9. The van der Waals surface area contributed by atoms with E-state index >= 15 is 0 Å². The van der Waals surface area contributed by atoms with Crippen LogP contribution in [0.2, 0.25) is 5.28 Å². The van der Waals surface area contributed by atoms with Gasteiger partial charge in [0.1, 0.15) is 5.01 Å². The van der Waals surface area contributed by atoms with Gasteiger partial charge in [-0.25, -0.2) is 0 Å². The predicted molar refractivity (Wildman–Crippen MR) is 69.4 cm³/mol. The van der Waals surface area contributed by atoms with Crippen molar-refractivity contribution < 1.29 is 4.74 Å². The number of nitrogens with zero attached hydrogens (tertiary/aromatic N) is 5. The zero-order valence-electron chi connectivity index (χ0n) is 9.92. The van der Waals surface area contributed by atoms with E-state index < -0.39 is 0 Å². The average molecular weight is 304 g/mol. The van der Waals surface area contributed by atoms with Crippen molar-refractivity contribution in [2.75, 3.05) is 0 Å². The quantitative estimate of drug-likeness (QED) is 0.859. The molecule has 0 atom stereocenters. The molecule has 0 unspecified atom stereocenters. The van der Waals surface area contributed by atoms with E-state index in [1.165, 1.54) is 23.1 Å². The molecule has 0 fully saturated rings. The molecule has 2 heterocycles. The SMILES string of the molecule is Cc1nnc(Sc2nc(Cl)nc(OC(C)C)n2)s1. The highest BCUT2D eigenvalue weighted by molar-refractivity contribution is 8.00. The molecule has 2 aromatic heterocycles. The van der Waals surface area contributed by atoms with Gasteiger partial charge in [-0.1, -0.05) is 11.3 Å². The molecular weight excluding hydrogens is 294 g/mol. The fourth-order valence-corrected chi connectivity index (χ4v) is 2.89. The number of rotatable bonds is 4. The van der Waals surface area contributed by atoms with Gasteiger partial charge >= 0.3 is 6.01 Å². The molecule has 2 aromatic rings. The third-order valence-corrected chi connectivity index (χ3v) is 3.52. The summed E-state index contributed by atoms with van der Waals surface area (Å²) in [7, 11) is 0. The van der Waals surface area contributed by atoms with Crippen LogP contribution in [-0.4, -0.2) is 31.3 Å². The Bertz CT molecular complexity index is 548. The number of aryl methyl sites for hydroxylation is 1. The van der Waals surface area contributed by atoms with Crippen LogP contribution in [0, 0.1) is 6.92 Å². The Morgan fingerprint density at radius 1 is 1.22 bits per heavy atom. The number of hydrogen-bond acceptors (Lipinski definition) is 8. The second-order valence-corrected chi connectivity index (χ2v) is 6.26. The summed E-state index contributed by atoms with van der Waals surface area (Å²) in [5.41, 5.74) is 0. The molecule has 96 valence electrons. The first-order chi connectivity index (χ1) is 8.52. The molecule has 0 aliphatic heterocycles. The third-order valence-electron chi connectivity index (χ3n) is 1.59. The van der Waals surface area contributed by atoms with Crippen molar-refractivity contribution >= 4 is 34.7 Å². The summed E-state index contributed by atoms with van der Waals surface area (Å²) in [5.74, 6) is 0. The second-order valence-electron chi connectivity index (χ2n) is 3.53. The summed E-state index contributed by atoms with van der Waals surface area (Å²) in [6.45, 7) is 5.66. The Morgan fingerprint density at radius 2 is 2.00 bits per heavy atom. The molecule has 9 heteroatoms. The molecule has 2 rings (SSSR count). The molecule has 0 aromatic carbocycles. The topological polar surface area (TPSA) is 73.7 Å². The van der Waals surface area contributed by atoms with Crippen molar-refractivity contribution in [3.05, 3.63) is 10.3 Å². The van der Waals surface area contributed by atoms with Gasteiger partial charge in [0.15, 0.2) is 4.34 Å². The fraction of sp³-hybridized carbons (Fsp3) is 0.444. The Balaban J connectivity index is 2.19. The number of ether oxygens (including phenoxy) is 1. The van der Waals surface area contributed by atoms with Crippen LogP contribution >= 0.6 is 34.7 Å². The van der Waals surface area contributed by atoms with Gasteiger partial charge in [-0.3, -0.25) is 0 Å². The number of aromatic nitrogens is 5. The second kappa shape index (κ2) is 5.77. The fourth-order valence-electron chi connectivity index (χ4n) is 1.02. The van der Waals surface area contributed by atoms with Gasteiger partial charge < -0.3 is 4.74 Å². The highest BCUT2D eigenvalue weighted by Crippen LogP contribution is 2.28. The van der Waals surface area contributed by atoms with Gasteiger partial charge in [0, 0.05) is 0 Å². The molecule has 0 aliphatic rings. The standard InChI is InChI=1S/C9H10ClN5OS2/c1-4(2)16-7-11-6(10)12-8(13-7)18-9-15-14-5(3)17-9/h4H,1-3H3. The Labute approximate surface area is 117 Å². The van der Waals surface area contributed by atoms with E-state index in [4.69, 9.17) is 16.3 Å². The smallest absolute Gasteiger partial charge is 0.322 e. The zero-order chi connectivity index (χ0) is 13.1. The molecule has 0 radical (unpaired) electrons. The maximum atomic E-state index is 5.82. The van der Waals surface area contributed by atoms with Crippen molar-refractivity contribution in [2.24, 2.45) is 0 Å². The maximum absolute atomic E-state index is 5.82. The van der Waals surface area contributed by atoms with Gasteiger partial charge in [0.25, 0.3) is 0 Å². The first kappa shape index (κ1) is 13.4. The van der Waals surface area contributed by atoms with E-state index in [0.29, 0.717) is 5.16 Å². The minimum atomic E-state index is -0.0231. The van der Waals surface area contributed by atoms with Crippen LogP contribution < -0.4 is 4.74 Å². The summed E-state index contributed by atoms with van der Waals surface area (Å²) in [4.78, 5) is 12.1. The van der Waals surface area contributed by atoms with Crippen LogP contribution in [0.4, 0.5) is 0 Å². The lowest BCUT2D eigenvalue weighted by Crippen LogP contribution is -2.09. The molecule has 0 aliphatic carbocycles. The lowest BCUT2D eigenvalue weighted by atomic mass is 10.5. The maximum Gasteiger partial charge on any atom is 0.322 e. The van der Waals surface area contributed by atoms with Crippen LogP contribution in [0.1, 0.15) is 18.9 Å². The lowest BCUT2D eigenvalue weighted by Gasteiger charge is -2.07. The van der Waals surface area contributed by atoms with Gasteiger partial charge in [-0.15, -0.1) is 10.2 Å². The summed E-state index contributed by atoms with van der Waals surface area (Å²) in [6.07, 6.45) is -0.0231. The summed E-state index contributed by atoms with van der Waals surface area (Å²) in [5, 5.41) is 9.33. The minimum Gasteiger partial charge on any atom is -0.461 e. The van der Waals surface area contributed by atoms with Crippen molar-refractivity contribution in [1.29, 1.82) is 0 Å². The van der Waals surface area contributed by atoms with E-state index in [2.05, 4.69) is 25.1 Å². The third kappa shape index (κ3) is 3.76. The minimum absolute atomic E-state index is 0.0231. The molecule has 6 nitrogen and oxygen atoms in total. The molecule has 0 amide bonds. The van der Waals surface area contributed by atoms with E-state index in [1.807, 2.05) is 20.8 Å². The Morgan fingerprint density at radius 3 is 2.61 bits per heavy atom. The van der Waals surface area contributed by atoms with Crippen molar-refractivity contribution in [1.82, 2.24) is 25.1 Å². The first-order valence-corrected chi connectivity index (χ1v) is 7.10. The van der Waals surface area contributed by atoms with E-state index in [0.717, 1.165) is 9.35 Å². The molecular formula is C9H10ClN5OS2. The van der Waals surface area contributed by atoms with Crippen molar-refractivity contribution in [2.45, 2.75) is 36.4 Å². The van der Waals surface area contributed by atoms with Crippen LogP contribution in [-0.2, 0) is 0 Å². The van der Waals surface area contributed by atoms with Crippen LogP contribution in [0.5, 0.6) is 6.01 Å². The van der Waals surface area contributed by atoms with E-state index in [9.17, 15) is 0 Å². The summed E-state index contributed by atoms with van der Waals surface area (Å²) < 4.78 is 6.14. The van der Waals surface area contributed by atoms with Gasteiger partial charge in [-0.2, -0.15) is 15.0 Å². The molecule has 0 saturated carbocycles. The molecule has 18 heavy (non-hydrogen) atoms. The molecule has 0 N–H and O–H groups in total.